The minimum atomic E-state index is -0.591. The summed E-state index contributed by atoms with van der Waals surface area (Å²) in [5, 5.41) is 10.1. The average Bonchev–Trinajstić information content (AvgIpc) is 2.61. The molecule has 0 aromatic rings. The molecule has 1 aliphatic heterocycles. The summed E-state index contributed by atoms with van der Waals surface area (Å²) in [7, 11) is 0. The van der Waals surface area contributed by atoms with E-state index in [9.17, 15) is 9.90 Å². The fourth-order valence-electron chi connectivity index (χ4n) is 2.42. The molecule has 0 bridgehead atoms. The first-order chi connectivity index (χ1) is 6.59. The summed E-state index contributed by atoms with van der Waals surface area (Å²) in [5.41, 5.74) is -0.591. The van der Waals surface area contributed by atoms with Gasteiger partial charge in [0.2, 0.25) is 5.91 Å². The largest absolute Gasteiger partial charge is 0.388 e. The second-order valence-electron chi connectivity index (χ2n) is 4.51. The molecule has 1 N–H and O–H groups in total. The quantitative estimate of drug-likeness (QED) is 0.762. The molecule has 1 atom stereocenters. The van der Waals surface area contributed by atoms with Gasteiger partial charge in [-0.05, 0) is 12.8 Å². The van der Waals surface area contributed by atoms with Crippen LogP contribution in [0.4, 0.5) is 0 Å². The van der Waals surface area contributed by atoms with Gasteiger partial charge in [-0.2, -0.15) is 0 Å². The molecule has 0 spiro atoms. The van der Waals surface area contributed by atoms with Gasteiger partial charge in [0.25, 0.3) is 0 Å². The lowest BCUT2D eigenvalue weighted by atomic mass is 10.0. The Balaban J connectivity index is 1.93. The molecule has 0 aromatic carbocycles. The van der Waals surface area contributed by atoms with Gasteiger partial charge in [0, 0.05) is 24.3 Å². The van der Waals surface area contributed by atoms with Crippen molar-refractivity contribution in [1.82, 2.24) is 4.90 Å². The molecule has 2 rings (SSSR count). The molecule has 3 nitrogen and oxygen atoms in total. The Morgan fingerprint density at radius 2 is 2.14 bits per heavy atom. The topological polar surface area (TPSA) is 40.5 Å². The van der Waals surface area contributed by atoms with Crippen LogP contribution in [0.5, 0.6) is 0 Å². The number of hydrogen-bond acceptors (Lipinski definition) is 2. The third kappa shape index (κ3) is 2.11. The highest BCUT2D eigenvalue weighted by molar-refractivity contribution is 9.09. The molecule has 1 unspecified atom stereocenters. The van der Waals surface area contributed by atoms with E-state index in [1.807, 2.05) is 0 Å². The van der Waals surface area contributed by atoms with Crippen molar-refractivity contribution in [2.75, 3.05) is 13.1 Å². The van der Waals surface area contributed by atoms with E-state index in [-0.39, 0.29) is 10.7 Å². The van der Waals surface area contributed by atoms with Crippen molar-refractivity contribution in [3.63, 3.8) is 0 Å². The van der Waals surface area contributed by atoms with Crippen molar-refractivity contribution >= 4 is 21.8 Å². The molecule has 1 saturated carbocycles. The lowest BCUT2D eigenvalue weighted by molar-refractivity contribution is -0.130. The van der Waals surface area contributed by atoms with Crippen LogP contribution in [-0.4, -0.2) is 39.4 Å². The van der Waals surface area contributed by atoms with E-state index in [1.165, 1.54) is 0 Å². The highest BCUT2D eigenvalue weighted by Gasteiger charge is 2.37. The number of β-amino-alcohol motifs (C(OH)–C–C–N with tert-alkyl or cyclic N) is 1. The molecule has 1 aliphatic carbocycles. The lowest BCUT2D eigenvalue weighted by Gasteiger charge is -2.28. The predicted molar refractivity (Wildman–Crippen MR) is 57.3 cm³/mol. The number of amides is 1. The maximum absolute atomic E-state index is 11.5. The average molecular weight is 262 g/mol. The number of hydrogen-bond donors (Lipinski definition) is 1. The van der Waals surface area contributed by atoms with E-state index < -0.39 is 5.60 Å². The molecule has 1 saturated heterocycles. The number of alkyl halides is 1. The fraction of sp³-hybridized carbons (Fsp3) is 0.900. The van der Waals surface area contributed by atoms with Gasteiger partial charge in [-0.25, -0.2) is 0 Å². The van der Waals surface area contributed by atoms with Crippen LogP contribution in [0.3, 0.4) is 0 Å². The minimum absolute atomic E-state index is 0.173. The zero-order valence-corrected chi connectivity index (χ0v) is 9.79. The van der Waals surface area contributed by atoms with Gasteiger partial charge in [-0.15, -0.1) is 0 Å². The zero-order valence-electron chi connectivity index (χ0n) is 8.21. The van der Waals surface area contributed by atoms with Gasteiger partial charge in [0.15, 0.2) is 0 Å². The number of likely N-dealkylation sites (tertiary alicyclic amines) is 1. The molecular weight excluding hydrogens is 246 g/mol. The Morgan fingerprint density at radius 3 is 2.64 bits per heavy atom. The number of carbonyl (C=O) groups excluding carboxylic acids is 1. The Labute approximate surface area is 92.6 Å². The molecule has 4 heteroatoms. The predicted octanol–water partition coefficient (Wildman–Crippen LogP) is 1.29. The van der Waals surface area contributed by atoms with Gasteiger partial charge in [-0.3, -0.25) is 4.79 Å². The van der Waals surface area contributed by atoms with Gasteiger partial charge in [0.05, 0.1) is 5.60 Å². The van der Waals surface area contributed by atoms with Crippen LogP contribution in [0.15, 0.2) is 0 Å². The fourth-order valence-corrected chi connectivity index (χ4v) is 3.05. The first-order valence-electron chi connectivity index (χ1n) is 5.23. The number of halogens is 1. The molecule has 0 aromatic heterocycles. The summed E-state index contributed by atoms with van der Waals surface area (Å²) in [6.07, 6.45) is 4.47. The van der Waals surface area contributed by atoms with Crippen molar-refractivity contribution in [3.8, 4) is 0 Å². The summed E-state index contributed by atoms with van der Waals surface area (Å²) in [5.74, 6) is 0.173. The van der Waals surface area contributed by atoms with Crippen LogP contribution in [0.1, 0.15) is 32.1 Å². The van der Waals surface area contributed by atoms with Crippen molar-refractivity contribution in [2.45, 2.75) is 42.5 Å². The second kappa shape index (κ2) is 3.81. The second-order valence-corrected chi connectivity index (χ2v) is 5.80. The Morgan fingerprint density at radius 1 is 1.50 bits per heavy atom. The van der Waals surface area contributed by atoms with Gasteiger partial charge >= 0.3 is 0 Å². The van der Waals surface area contributed by atoms with Crippen molar-refractivity contribution in [3.05, 3.63) is 0 Å². The summed E-state index contributed by atoms with van der Waals surface area (Å²) in [6.45, 7) is 1.29. The molecule has 2 aliphatic rings. The van der Waals surface area contributed by atoms with Crippen LogP contribution < -0.4 is 0 Å². The Kier molecular flexibility index (Phi) is 2.84. The summed E-state index contributed by atoms with van der Waals surface area (Å²) >= 11 is 3.44. The SMILES string of the molecule is O=C1CC(Br)CN1CC1(O)CCCC1. The van der Waals surface area contributed by atoms with Crippen LogP contribution in [0.25, 0.3) is 0 Å². The number of carbonyl (C=O) groups is 1. The first kappa shape index (κ1) is 10.4. The maximum Gasteiger partial charge on any atom is 0.223 e. The van der Waals surface area contributed by atoms with Gasteiger partial charge < -0.3 is 10.0 Å². The zero-order chi connectivity index (χ0) is 10.2. The molecular formula is C10H16BrNO2. The third-order valence-corrected chi connectivity index (χ3v) is 3.80. The standard InChI is InChI=1S/C10H16BrNO2/c11-8-5-9(13)12(6-8)7-10(14)3-1-2-4-10/h8,14H,1-7H2. The van der Waals surface area contributed by atoms with E-state index in [4.69, 9.17) is 0 Å². The summed E-state index contributed by atoms with van der Waals surface area (Å²) < 4.78 is 0. The van der Waals surface area contributed by atoms with E-state index in [1.54, 1.807) is 4.90 Å². The number of nitrogens with zero attached hydrogens (tertiary/aromatic N) is 1. The smallest absolute Gasteiger partial charge is 0.223 e. The molecule has 1 heterocycles. The van der Waals surface area contributed by atoms with Crippen LogP contribution >= 0.6 is 15.9 Å². The molecule has 1 amide bonds. The Bertz CT molecular complexity index is 238. The van der Waals surface area contributed by atoms with Crippen molar-refractivity contribution in [1.29, 1.82) is 0 Å². The molecule has 80 valence electrons. The lowest BCUT2D eigenvalue weighted by Crippen LogP contribution is -2.41. The number of rotatable bonds is 2. The summed E-state index contributed by atoms with van der Waals surface area (Å²) in [6, 6.07) is 0. The van der Waals surface area contributed by atoms with E-state index in [0.717, 1.165) is 32.2 Å². The van der Waals surface area contributed by atoms with E-state index >= 15 is 0 Å². The first-order valence-corrected chi connectivity index (χ1v) is 6.15. The van der Waals surface area contributed by atoms with E-state index in [2.05, 4.69) is 15.9 Å². The highest BCUT2D eigenvalue weighted by Crippen LogP contribution is 2.31. The van der Waals surface area contributed by atoms with Crippen LogP contribution in [0, 0.1) is 0 Å². The molecule has 2 fully saturated rings. The van der Waals surface area contributed by atoms with Gasteiger partial charge in [0.1, 0.15) is 0 Å². The monoisotopic (exact) mass is 261 g/mol. The third-order valence-electron chi connectivity index (χ3n) is 3.19. The van der Waals surface area contributed by atoms with Crippen LogP contribution in [-0.2, 0) is 4.79 Å². The van der Waals surface area contributed by atoms with Gasteiger partial charge in [-0.1, -0.05) is 28.8 Å². The van der Waals surface area contributed by atoms with Crippen molar-refractivity contribution in [2.24, 2.45) is 0 Å². The van der Waals surface area contributed by atoms with E-state index in [0.29, 0.717) is 13.0 Å². The number of aliphatic hydroxyl groups is 1. The normalized spacial score (nSPS) is 31.4. The molecule has 14 heavy (non-hydrogen) atoms. The Hall–Kier alpha value is -0.0900. The maximum atomic E-state index is 11.5. The van der Waals surface area contributed by atoms with Crippen LogP contribution in [0.2, 0.25) is 0 Å². The molecule has 0 radical (unpaired) electrons. The summed E-state index contributed by atoms with van der Waals surface area (Å²) in [4.78, 5) is 13.6. The highest BCUT2D eigenvalue weighted by atomic mass is 79.9. The minimum Gasteiger partial charge on any atom is -0.388 e. The van der Waals surface area contributed by atoms with Crippen molar-refractivity contribution < 1.29 is 9.90 Å².